The number of amides is 1. The molecule has 1 aromatic carbocycles. The van der Waals surface area contributed by atoms with E-state index in [1.807, 2.05) is 42.5 Å². The highest BCUT2D eigenvalue weighted by atomic mass is 32.1. The summed E-state index contributed by atoms with van der Waals surface area (Å²) in [5, 5.41) is 6.87. The molecule has 7 nitrogen and oxygen atoms in total. The van der Waals surface area contributed by atoms with Crippen molar-refractivity contribution >= 4 is 40.8 Å². The van der Waals surface area contributed by atoms with E-state index in [0.29, 0.717) is 18.8 Å². The zero-order chi connectivity index (χ0) is 18.8. The molecule has 0 saturated heterocycles. The predicted molar refractivity (Wildman–Crippen MR) is 104 cm³/mol. The average Bonchev–Trinajstić information content (AvgIpc) is 3.03. The second-order valence-electron chi connectivity index (χ2n) is 6.27. The van der Waals surface area contributed by atoms with Crippen LogP contribution in [0.25, 0.3) is 10.9 Å². The van der Waals surface area contributed by atoms with Gasteiger partial charge in [0.05, 0.1) is 17.8 Å². The molecular formula is C19H17N5O2S. The molecule has 0 saturated carbocycles. The van der Waals surface area contributed by atoms with Gasteiger partial charge < -0.3 is 10.6 Å². The number of carbonyl (C=O) groups excluding carboxylic acids is 2. The Morgan fingerprint density at radius 1 is 1.22 bits per heavy atom. The molecule has 0 bridgehead atoms. The zero-order valence-electron chi connectivity index (χ0n) is 14.4. The van der Waals surface area contributed by atoms with Gasteiger partial charge in [0.15, 0.2) is 0 Å². The Hall–Kier alpha value is -3.13. The molecule has 3 aromatic rings. The first kappa shape index (κ1) is 17.3. The normalized spacial score (nSPS) is 15.4. The molecule has 0 spiro atoms. The van der Waals surface area contributed by atoms with Crippen molar-refractivity contribution < 1.29 is 9.59 Å². The first-order valence-corrected chi connectivity index (χ1v) is 9.03. The van der Waals surface area contributed by atoms with Crippen molar-refractivity contribution in [2.75, 3.05) is 5.32 Å². The second-order valence-corrected chi connectivity index (χ2v) is 6.63. The van der Waals surface area contributed by atoms with E-state index in [9.17, 15) is 9.59 Å². The van der Waals surface area contributed by atoms with Crippen molar-refractivity contribution in [2.24, 2.45) is 0 Å². The van der Waals surface area contributed by atoms with Crippen molar-refractivity contribution in [3.63, 3.8) is 0 Å². The van der Waals surface area contributed by atoms with Crippen molar-refractivity contribution in [1.29, 1.82) is 0 Å². The highest BCUT2D eigenvalue weighted by molar-refractivity contribution is 7.71. The van der Waals surface area contributed by atoms with Gasteiger partial charge in [0.25, 0.3) is 5.91 Å². The summed E-state index contributed by atoms with van der Waals surface area (Å²) in [6, 6.07) is 12.6. The fourth-order valence-electron chi connectivity index (χ4n) is 3.12. The number of hydrogen-bond donors (Lipinski definition) is 2. The third-order valence-corrected chi connectivity index (χ3v) is 4.75. The number of benzene rings is 1. The van der Waals surface area contributed by atoms with E-state index in [0.717, 1.165) is 16.6 Å². The van der Waals surface area contributed by atoms with Gasteiger partial charge in [-0.15, -0.1) is 0 Å². The fourth-order valence-corrected chi connectivity index (χ4v) is 3.40. The number of para-hydroxylation sites is 1. The average molecular weight is 379 g/mol. The van der Waals surface area contributed by atoms with Crippen molar-refractivity contribution in [2.45, 2.75) is 25.4 Å². The standard InChI is InChI=1S/C19H17N5O2S/c25-16(21-11-12-5-3-4-10-20-12)9-8-15-18(26)24-17(22-15)13-6-1-2-7-14(13)23-19(24)27/h1-7,10,15,22H,8-9,11H2,(H,21,25). The second kappa shape index (κ2) is 7.24. The van der Waals surface area contributed by atoms with Gasteiger partial charge in [-0.3, -0.25) is 14.6 Å². The highest BCUT2D eigenvalue weighted by Crippen LogP contribution is 2.28. The lowest BCUT2D eigenvalue weighted by Gasteiger charge is -2.09. The van der Waals surface area contributed by atoms with Crippen LogP contribution in [-0.2, 0) is 11.3 Å². The van der Waals surface area contributed by atoms with E-state index in [2.05, 4.69) is 20.6 Å². The molecule has 27 heavy (non-hydrogen) atoms. The van der Waals surface area contributed by atoms with Crippen LogP contribution in [0.1, 0.15) is 23.3 Å². The lowest BCUT2D eigenvalue weighted by atomic mass is 10.1. The molecule has 2 aromatic heterocycles. The quantitative estimate of drug-likeness (QED) is 0.663. The molecule has 8 heteroatoms. The number of anilines is 1. The number of aromatic nitrogens is 3. The SMILES string of the molecule is O=C(CCC1Nc2c3ccccc3nc(=S)n2C1=O)NCc1ccccn1. The van der Waals surface area contributed by atoms with E-state index < -0.39 is 6.04 Å². The van der Waals surface area contributed by atoms with Gasteiger partial charge in [-0.25, -0.2) is 9.55 Å². The van der Waals surface area contributed by atoms with Crippen LogP contribution in [-0.4, -0.2) is 32.4 Å². The summed E-state index contributed by atoms with van der Waals surface area (Å²) in [4.78, 5) is 33.3. The maximum absolute atomic E-state index is 12.7. The molecule has 4 rings (SSSR count). The number of nitrogens with zero attached hydrogens (tertiary/aromatic N) is 3. The van der Waals surface area contributed by atoms with Crippen LogP contribution in [0.3, 0.4) is 0 Å². The summed E-state index contributed by atoms with van der Waals surface area (Å²) in [6.07, 6.45) is 2.28. The molecule has 3 heterocycles. The third-order valence-electron chi connectivity index (χ3n) is 4.47. The monoisotopic (exact) mass is 379 g/mol. The van der Waals surface area contributed by atoms with Gasteiger partial charge in [0.1, 0.15) is 11.9 Å². The molecule has 0 fully saturated rings. The molecule has 0 aliphatic carbocycles. The van der Waals surface area contributed by atoms with Crippen LogP contribution in [0.4, 0.5) is 5.82 Å². The number of rotatable bonds is 5. The summed E-state index contributed by atoms with van der Waals surface area (Å²) >= 11 is 5.27. The van der Waals surface area contributed by atoms with Gasteiger partial charge in [-0.2, -0.15) is 0 Å². The summed E-state index contributed by atoms with van der Waals surface area (Å²) in [5.41, 5.74) is 1.53. The number of hydrogen-bond acceptors (Lipinski definition) is 6. The van der Waals surface area contributed by atoms with Crippen LogP contribution >= 0.6 is 12.2 Å². The summed E-state index contributed by atoms with van der Waals surface area (Å²) in [6.45, 7) is 0.367. The largest absolute Gasteiger partial charge is 0.359 e. The van der Waals surface area contributed by atoms with Gasteiger partial charge in [0.2, 0.25) is 10.7 Å². The maximum atomic E-state index is 12.7. The van der Waals surface area contributed by atoms with Crippen molar-refractivity contribution in [3.05, 3.63) is 59.1 Å². The smallest absolute Gasteiger partial charge is 0.257 e. The van der Waals surface area contributed by atoms with Crippen LogP contribution < -0.4 is 10.6 Å². The van der Waals surface area contributed by atoms with Crippen LogP contribution in [0, 0.1) is 4.77 Å². The summed E-state index contributed by atoms with van der Waals surface area (Å²) < 4.78 is 1.65. The van der Waals surface area contributed by atoms with Crippen LogP contribution in [0.5, 0.6) is 0 Å². The van der Waals surface area contributed by atoms with Crippen molar-refractivity contribution in [3.8, 4) is 0 Å². The lowest BCUT2D eigenvalue weighted by Crippen LogP contribution is -2.29. The number of carbonyl (C=O) groups is 2. The van der Waals surface area contributed by atoms with Gasteiger partial charge in [-0.05, 0) is 42.9 Å². The Morgan fingerprint density at radius 2 is 2.04 bits per heavy atom. The first-order valence-electron chi connectivity index (χ1n) is 8.62. The van der Waals surface area contributed by atoms with Crippen LogP contribution in [0.15, 0.2) is 48.7 Å². The molecule has 1 unspecified atom stereocenters. The highest BCUT2D eigenvalue weighted by Gasteiger charge is 2.31. The van der Waals surface area contributed by atoms with Crippen molar-refractivity contribution in [1.82, 2.24) is 19.9 Å². The van der Waals surface area contributed by atoms with E-state index in [4.69, 9.17) is 12.2 Å². The molecular weight excluding hydrogens is 362 g/mol. The Balaban J connectivity index is 1.43. The molecule has 1 aliphatic rings. The number of nitrogens with one attached hydrogen (secondary N) is 2. The topological polar surface area (TPSA) is 88.9 Å². The summed E-state index contributed by atoms with van der Waals surface area (Å²) in [7, 11) is 0. The maximum Gasteiger partial charge on any atom is 0.257 e. The fraction of sp³-hybridized carbons (Fsp3) is 0.211. The minimum atomic E-state index is -0.500. The molecule has 1 atom stereocenters. The Bertz CT molecular complexity index is 1080. The minimum absolute atomic E-state index is 0.127. The molecule has 2 N–H and O–H groups in total. The summed E-state index contributed by atoms with van der Waals surface area (Å²) in [5.74, 6) is 0.345. The lowest BCUT2D eigenvalue weighted by molar-refractivity contribution is -0.121. The molecule has 1 aliphatic heterocycles. The van der Waals surface area contributed by atoms with E-state index in [1.54, 1.807) is 6.20 Å². The van der Waals surface area contributed by atoms with E-state index in [1.165, 1.54) is 4.57 Å². The van der Waals surface area contributed by atoms with Crippen LogP contribution in [0.2, 0.25) is 0 Å². The predicted octanol–water partition coefficient (Wildman–Crippen LogP) is 2.69. The Labute approximate surface area is 160 Å². The zero-order valence-corrected chi connectivity index (χ0v) is 15.2. The van der Waals surface area contributed by atoms with E-state index >= 15 is 0 Å². The Morgan fingerprint density at radius 3 is 2.85 bits per heavy atom. The number of pyridine rings is 1. The first-order chi connectivity index (χ1) is 13.1. The van der Waals surface area contributed by atoms with Gasteiger partial charge in [-0.1, -0.05) is 18.2 Å². The Kier molecular flexibility index (Phi) is 4.64. The van der Waals surface area contributed by atoms with Gasteiger partial charge in [0, 0.05) is 18.0 Å². The molecule has 1 amide bonds. The third kappa shape index (κ3) is 3.43. The van der Waals surface area contributed by atoms with E-state index in [-0.39, 0.29) is 23.0 Å². The minimum Gasteiger partial charge on any atom is -0.359 e. The number of fused-ring (bicyclic) bond motifs is 3. The molecule has 136 valence electrons. The molecule has 0 radical (unpaired) electrons. The van der Waals surface area contributed by atoms with Gasteiger partial charge >= 0.3 is 0 Å².